The van der Waals surface area contributed by atoms with Gasteiger partial charge in [-0.2, -0.15) is 4.39 Å². The van der Waals surface area contributed by atoms with Crippen molar-refractivity contribution >= 4 is 17.3 Å². The maximum atomic E-state index is 13.6. The molecule has 1 N–H and O–H groups in total. The first-order valence-corrected chi connectivity index (χ1v) is 5.45. The van der Waals surface area contributed by atoms with Crippen LogP contribution in [0.25, 0.3) is 0 Å². The van der Waals surface area contributed by atoms with Gasteiger partial charge in [-0.15, -0.1) is 0 Å². The van der Waals surface area contributed by atoms with Crippen LogP contribution in [0.2, 0.25) is 0 Å². The zero-order valence-electron chi connectivity index (χ0n) is 10.1. The van der Waals surface area contributed by atoms with Crippen molar-refractivity contribution in [1.82, 2.24) is 4.98 Å². The molecule has 1 aromatic heterocycles. The number of nitrogens with one attached hydrogen (secondary N) is 1. The zero-order chi connectivity index (χ0) is 15.6. The van der Waals surface area contributed by atoms with Gasteiger partial charge in [0, 0.05) is 23.9 Å². The van der Waals surface area contributed by atoms with Crippen LogP contribution < -0.4 is 5.32 Å². The number of aromatic nitrogens is 1. The molecule has 0 unspecified atom stereocenters. The van der Waals surface area contributed by atoms with Crippen LogP contribution >= 0.6 is 0 Å². The van der Waals surface area contributed by atoms with Crippen LogP contribution in [0.3, 0.4) is 0 Å². The van der Waals surface area contributed by atoms with Gasteiger partial charge in [-0.1, -0.05) is 0 Å². The maximum absolute atomic E-state index is 13.6. The number of carbonyl (C=O) groups is 1. The van der Waals surface area contributed by atoms with Gasteiger partial charge < -0.3 is 5.32 Å². The van der Waals surface area contributed by atoms with E-state index in [4.69, 9.17) is 0 Å². The van der Waals surface area contributed by atoms with Crippen LogP contribution in [-0.2, 0) is 0 Å². The number of hydrogen-bond donors (Lipinski definition) is 1. The lowest BCUT2D eigenvalue weighted by Gasteiger charge is -2.07. The lowest BCUT2D eigenvalue weighted by atomic mass is 10.2. The first-order valence-electron chi connectivity index (χ1n) is 5.45. The molecule has 0 bridgehead atoms. The summed E-state index contributed by atoms with van der Waals surface area (Å²) in [4.78, 5) is 24.7. The molecule has 0 saturated carbocycles. The molecule has 1 amide bonds. The van der Waals surface area contributed by atoms with Gasteiger partial charge in [0.25, 0.3) is 11.6 Å². The average Bonchev–Trinajstić information content (AvgIpc) is 2.41. The molecule has 2 aromatic rings. The summed E-state index contributed by atoms with van der Waals surface area (Å²) in [5.41, 5.74) is -1.97. The number of rotatable bonds is 3. The third-order valence-corrected chi connectivity index (χ3v) is 2.46. The molecule has 108 valence electrons. The van der Waals surface area contributed by atoms with Crippen molar-refractivity contribution < 1.29 is 22.9 Å². The molecule has 0 fully saturated rings. The van der Waals surface area contributed by atoms with E-state index >= 15 is 0 Å². The summed E-state index contributed by atoms with van der Waals surface area (Å²) in [6.45, 7) is 0. The summed E-state index contributed by atoms with van der Waals surface area (Å²) >= 11 is 0. The summed E-state index contributed by atoms with van der Waals surface area (Å²) in [5.74, 6) is -4.42. The predicted molar refractivity (Wildman–Crippen MR) is 65.2 cm³/mol. The van der Waals surface area contributed by atoms with Crippen molar-refractivity contribution in [2.24, 2.45) is 0 Å². The molecule has 1 aromatic carbocycles. The molecular formula is C12H6F3N3O3. The Morgan fingerprint density at radius 2 is 1.95 bits per heavy atom. The van der Waals surface area contributed by atoms with Crippen molar-refractivity contribution in [3.05, 3.63) is 63.7 Å². The van der Waals surface area contributed by atoms with Gasteiger partial charge in [0.2, 0.25) is 5.95 Å². The van der Waals surface area contributed by atoms with Gasteiger partial charge >= 0.3 is 0 Å². The monoisotopic (exact) mass is 297 g/mol. The Morgan fingerprint density at radius 3 is 2.57 bits per heavy atom. The predicted octanol–water partition coefficient (Wildman–Crippen LogP) is 2.66. The van der Waals surface area contributed by atoms with Crippen molar-refractivity contribution in [1.29, 1.82) is 0 Å². The minimum Gasteiger partial charge on any atom is -0.314 e. The summed E-state index contributed by atoms with van der Waals surface area (Å²) < 4.78 is 39.4. The second-order valence-electron chi connectivity index (χ2n) is 3.86. The smallest absolute Gasteiger partial charge is 0.298 e. The Labute approximate surface area is 115 Å². The fourth-order valence-corrected chi connectivity index (χ4v) is 1.56. The van der Waals surface area contributed by atoms with Crippen LogP contribution in [0.15, 0.2) is 30.5 Å². The maximum Gasteiger partial charge on any atom is 0.298 e. The minimum absolute atomic E-state index is 0.222. The van der Waals surface area contributed by atoms with E-state index in [1.165, 1.54) is 0 Å². The van der Waals surface area contributed by atoms with Gasteiger partial charge in [0.1, 0.15) is 5.82 Å². The molecule has 2 rings (SSSR count). The quantitative estimate of drug-likeness (QED) is 0.536. The molecule has 21 heavy (non-hydrogen) atoms. The van der Waals surface area contributed by atoms with E-state index in [1.807, 2.05) is 5.32 Å². The molecule has 1 heterocycles. The van der Waals surface area contributed by atoms with Crippen molar-refractivity contribution in [2.45, 2.75) is 0 Å². The molecule has 0 aliphatic heterocycles. The third-order valence-electron chi connectivity index (χ3n) is 2.46. The molecule has 0 spiro atoms. The normalized spacial score (nSPS) is 10.2. The third kappa shape index (κ3) is 3.14. The van der Waals surface area contributed by atoms with Crippen LogP contribution in [0.5, 0.6) is 0 Å². The van der Waals surface area contributed by atoms with Gasteiger partial charge in [-0.3, -0.25) is 14.9 Å². The molecule has 0 atom stereocenters. The number of nitrogens with zero attached hydrogens (tertiary/aromatic N) is 2. The van der Waals surface area contributed by atoms with Crippen molar-refractivity contribution in [3.63, 3.8) is 0 Å². The Hall–Kier alpha value is -2.97. The number of anilines is 1. The fourth-order valence-electron chi connectivity index (χ4n) is 1.56. The summed E-state index contributed by atoms with van der Waals surface area (Å²) in [6, 6.07) is 2.75. The van der Waals surface area contributed by atoms with Crippen LogP contribution in [-0.4, -0.2) is 15.8 Å². The highest BCUT2D eigenvalue weighted by Gasteiger charge is 2.23. The second-order valence-corrected chi connectivity index (χ2v) is 3.86. The number of hydrogen-bond acceptors (Lipinski definition) is 4. The van der Waals surface area contributed by atoms with Crippen LogP contribution in [0, 0.1) is 27.7 Å². The molecule has 0 aliphatic carbocycles. The van der Waals surface area contributed by atoms with Gasteiger partial charge in [-0.25, -0.2) is 13.8 Å². The van der Waals surface area contributed by atoms with E-state index in [1.54, 1.807) is 0 Å². The van der Waals surface area contributed by atoms with Crippen molar-refractivity contribution in [2.75, 3.05) is 5.32 Å². The zero-order valence-corrected chi connectivity index (χ0v) is 10.1. The van der Waals surface area contributed by atoms with Gasteiger partial charge in [-0.05, 0) is 6.07 Å². The summed E-state index contributed by atoms with van der Waals surface area (Å²) in [5, 5.41) is 12.7. The van der Waals surface area contributed by atoms with Gasteiger partial charge in [0.05, 0.1) is 11.0 Å². The molecule has 6 nitrogen and oxygen atoms in total. The Morgan fingerprint density at radius 1 is 1.24 bits per heavy atom. The fraction of sp³-hybridized carbons (Fsp3) is 0. The topological polar surface area (TPSA) is 85.1 Å². The van der Waals surface area contributed by atoms with Crippen LogP contribution in [0.4, 0.5) is 24.5 Å². The highest BCUT2D eigenvalue weighted by atomic mass is 19.1. The Balaban J connectivity index is 2.39. The first kappa shape index (κ1) is 14.4. The number of amides is 1. The largest absolute Gasteiger partial charge is 0.314 e. The van der Waals surface area contributed by atoms with E-state index in [0.29, 0.717) is 12.1 Å². The van der Waals surface area contributed by atoms with E-state index in [2.05, 4.69) is 4.98 Å². The van der Waals surface area contributed by atoms with E-state index in [-0.39, 0.29) is 5.56 Å². The minimum atomic E-state index is -1.32. The molecule has 0 radical (unpaired) electrons. The Kier molecular flexibility index (Phi) is 3.83. The van der Waals surface area contributed by atoms with Gasteiger partial charge in [0.15, 0.2) is 11.5 Å². The highest BCUT2D eigenvalue weighted by Crippen LogP contribution is 2.29. The Bertz CT molecular complexity index is 737. The van der Waals surface area contributed by atoms with Crippen molar-refractivity contribution in [3.8, 4) is 0 Å². The number of halogens is 3. The highest BCUT2D eigenvalue weighted by molar-refractivity contribution is 6.05. The number of benzene rings is 1. The molecule has 0 aliphatic rings. The van der Waals surface area contributed by atoms with E-state index < -0.39 is 39.8 Å². The number of nitro groups is 1. The average molecular weight is 297 g/mol. The molecule has 9 heteroatoms. The molecular weight excluding hydrogens is 291 g/mol. The van der Waals surface area contributed by atoms with Crippen LogP contribution in [0.1, 0.15) is 10.4 Å². The SMILES string of the molecule is O=C(Nc1c(F)cc(F)cc1[N+](=O)[O-])c1ccnc(F)c1. The second kappa shape index (κ2) is 5.57. The number of pyridine rings is 1. The van der Waals surface area contributed by atoms with E-state index in [9.17, 15) is 28.1 Å². The summed E-state index contributed by atoms with van der Waals surface area (Å²) in [7, 11) is 0. The lowest BCUT2D eigenvalue weighted by Crippen LogP contribution is -2.15. The lowest BCUT2D eigenvalue weighted by molar-refractivity contribution is -0.384. The first-order chi connectivity index (χ1) is 9.88. The standard InChI is InChI=1S/C12H6F3N3O3/c13-7-4-8(14)11(9(5-7)18(20)21)17-12(19)6-1-2-16-10(15)3-6/h1-5H,(H,17,19). The van der Waals surface area contributed by atoms with E-state index in [0.717, 1.165) is 18.3 Å². The number of nitro benzene ring substituents is 1. The molecule has 0 saturated heterocycles. The number of carbonyl (C=O) groups excluding carboxylic acids is 1. The summed E-state index contributed by atoms with van der Waals surface area (Å²) in [6.07, 6.45) is 1.000.